The number of aryl methyl sites for hydroxylation is 1. The topological polar surface area (TPSA) is 70.8 Å². The Balaban J connectivity index is 1.46. The van der Waals surface area contributed by atoms with Gasteiger partial charge in [-0.15, -0.1) is 0 Å². The maximum absolute atomic E-state index is 5.50. The van der Waals surface area contributed by atoms with Gasteiger partial charge in [-0.05, 0) is 52.1 Å². The van der Waals surface area contributed by atoms with E-state index in [2.05, 4.69) is 45.2 Å². The molecule has 6 heteroatoms. The lowest BCUT2D eigenvalue weighted by Crippen LogP contribution is -2.36. The molecule has 2 aromatic heterocycles. The fourth-order valence-corrected chi connectivity index (χ4v) is 3.33. The number of likely N-dealkylation sites (tertiary alicyclic amines) is 1. The number of rotatable bonds is 4. The Morgan fingerprint density at radius 2 is 2.18 bits per heavy atom. The summed E-state index contributed by atoms with van der Waals surface area (Å²) in [6.07, 6.45) is 4.80. The SMILES string of the molecule is Cc1cc([C@@H]2CCCN([C@H](C)c3nc(C4CC4)no3)C2)n[nH]1. The first-order valence-electron chi connectivity index (χ1n) is 8.30. The molecule has 2 aliphatic rings. The molecule has 2 fully saturated rings. The highest BCUT2D eigenvalue weighted by atomic mass is 16.5. The summed E-state index contributed by atoms with van der Waals surface area (Å²) in [5, 5.41) is 11.6. The summed E-state index contributed by atoms with van der Waals surface area (Å²) in [4.78, 5) is 7.05. The van der Waals surface area contributed by atoms with Crippen LogP contribution in [0.2, 0.25) is 0 Å². The van der Waals surface area contributed by atoms with Crippen molar-refractivity contribution in [1.82, 2.24) is 25.2 Å². The summed E-state index contributed by atoms with van der Waals surface area (Å²) < 4.78 is 5.50. The highest BCUT2D eigenvalue weighted by Gasteiger charge is 2.32. The molecule has 6 nitrogen and oxygen atoms in total. The summed E-state index contributed by atoms with van der Waals surface area (Å²) in [6.45, 7) is 6.31. The molecule has 0 spiro atoms. The van der Waals surface area contributed by atoms with E-state index in [0.29, 0.717) is 11.8 Å². The smallest absolute Gasteiger partial charge is 0.243 e. The van der Waals surface area contributed by atoms with Gasteiger partial charge in [-0.3, -0.25) is 10.00 Å². The fourth-order valence-electron chi connectivity index (χ4n) is 3.33. The predicted octanol–water partition coefficient (Wildman–Crippen LogP) is 2.92. The third kappa shape index (κ3) is 2.67. The average Bonchev–Trinajstić information content (AvgIpc) is 3.10. The highest BCUT2D eigenvalue weighted by molar-refractivity contribution is 5.13. The maximum atomic E-state index is 5.50. The third-order valence-electron chi connectivity index (χ3n) is 4.90. The number of piperidine rings is 1. The number of nitrogens with one attached hydrogen (secondary N) is 1. The van der Waals surface area contributed by atoms with Gasteiger partial charge in [0.1, 0.15) is 0 Å². The van der Waals surface area contributed by atoms with Crippen LogP contribution in [0.5, 0.6) is 0 Å². The molecule has 0 unspecified atom stereocenters. The van der Waals surface area contributed by atoms with Crippen LogP contribution in [0.3, 0.4) is 0 Å². The zero-order valence-corrected chi connectivity index (χ0v) is 13.2. The molecule has 0 amide bonds. The number of aromatic nitrogens is 4. The molecule has 1 aliphatic carbocycles. The number of H-pyrrole nitrogens is 1. The monoisotopic (exact) mass is 301 g/mol. The van der Waals surface area contributed by atoms with Gasteiger partial charge in [-0.1, -0.05) is 5.16 Å². The average molecular weight is 301 g/mol. The van der Waals surface area contributed by atoms with Gasteiger partial charge in [0.2, 0.25) is 5.89 Å². The number of hydrogen-bond acceptors (Lipinski definition) is 5. The summed E-state index contributed by atoms with van der Waals surface area (Å²) in [6, 6.07) is 2.35. The molecule has 22 heavy (non-hydrogen) atoms. The van der Waals surface area contributed by atoms with Gasteiger partial charge in [0.25, 0.3) is 0 Å². The summed E-state index contributed by atoms with van der Waals surface area (Å²) in [7, 11) is 0. The van der Waals surface area contributed by atoms with Crippen molar-refractivity contribution in [3.05, 3.63) is 29.2 Å². The molecule has 1 aliphatic heterocycles. The van der Waals surface area contributed by atoms with E-state index in [4.69, 9.17) is 4.52 Å². The molecule has 118 valence electrons. The van der Waals surface area contributed by atoms with Gasteiger partial charge in [0, 0.05) is 24.1 Å². The fraction of sp³-hybridized carbons (Fsp3) is 0.688. The molecule has 0 bridgehead atoms. The molecule has 2 aromatic rings. The zero-order chi connectivity index (χ0) is 15.1. The van der Waals surface area contributed by atoms with Crippen molar-refractivity contribution in [1.29, 1.82) is 0 Å². The Kier molecular flexibility index (Phi) is 3.48. The quantitative estimate of drug-likeness (QED) is 0.940. The first kappa shape index (κ1) is 13.9. The van der Waals surface area contributed by atoms with Gasteiger partial charge in [-0.25, -0.2) is 0 Å². The van der Waals surface area contributed by atoms with Gasteiger partial charge in [0.05, 0.1) is 11.7 Å². The van der Waals surface area contributed by atoms with Crippen LogP contribution in [0.25, 0.3) is 0 Å². The lowest BCUT2D eigenvalue weighted by molar-refractivity contribution is 0.132. The Hall–Kier alpha value is -1.69. The summed E-state index contributed by atoms with van der Waals surface area (Å²) >= 11 is 0. The lowest BCUT2D eigenvalue weighted by Gasteiger charge is -2.34. The van der Waals surface area contributed by atoms with Crippen LogP contribution in [0.4, 0.5) is 0 Å². The highest BCUT2D eigenvalue weighted by Crippen LogP contribution is 2.39. The zero-order valence-electron chi connectivity index (χ0n) is 13.2. The van der Waals surface area contributed by atoms with Crippen LogP contribution < -0.4 is 0 Å². The molecular weight excluding hydrogens is 278 g/mol. The molecule has 0 aromatic carbocycles. The van der Waals surface area contributed by atoms with Crippen molar-refractivity contribution >= 4 is 0 Å². The van der Waals surface area contributed by atoms with Gasteiger partial charge in [-0.2, -0.15) is 10.1 Å². The summed E-state index contributed by atoms with van der Waals surface area (Å²) in [5.41, 5.74) is 2.31. The van der Waals surface area contributed by atoms with Crippen LogP contribution in [-0.2, 0) is 0 Å². The second kappa shape index (κ2) is 5.50. The van der Waals surface area contributed by atoms with Crippen molar-refractivity contribution in [3.63, 3.8) is 0 Å². The standard InChI is InChI=1S/C16H23N5O/c1-10-8-14(19-18-10)13-4-3-7-21(9-13)11(2)16-17-15(20-22-16)12-5-6-12/h8,11-13H,3-7,9H2,1-2H3,(H,18,19)/t11-,13-/m1/s1. The van der Waals surface area contributed by atoms with E-state index < -0.39 is 0 Å². The molecule has 1 saturated carbocycles. The van der Waals surface area contributed by atoms with Gasteiger partial charge < -0.3 is 4.52 Å². The minimum absolute atomic E-state index is 0.183. The van der Waals surface area contributed by atoms with Gasteiger partial charge >= 0.3 is 0 Å². The van der Waals surface area contributed by atoms with E-state index in [0.717, 1.165) is 30.5 Å². The number of hydrogen-bond donors (Lipinski definition) is 1. The van der Waals surface area contributed by atoms with E-state index in [-0.39, 0.29) is 6.04 Å². The van der Waals surface area contributed by atoms with E-state index >= 15 is 0 Å². The second-order valence-corrected chi connectivity index (χ2v) is 6.75. The second-order valence-electron chi connectivity index (χ2n) is 6.75. The largest absolute Gasteiger partial charge is 0.338 e. The number of nitrogens with zero attached hydrogens (tertiary/aromatic N) is 4. The van der Waals surface area contributed by atoms with Crippen molar-refractivity contribution in [2.45, 2.75) is 57.4 Å². The van der Waals surface area contributed by atoms with Crippen LogP contribution in [-0.4, -0.2) is 38.3 Å². The molecule has 1 saturated heterocycles. The normalized spacial score (nSPS) is 24.5. The molecule has 2 atom stereocenters. The molecular formula is C16H23N5O. The molecule has 4 rings (SSSR count). The maximum Gasteiger partial charge on any atom is 0.243 e. The minimum atomic E-state index is 0.183. The molecule has 0 radical (unpaired) electrons. The van der Waals surface area contributed by atoms with Crippen molar-refractivity contribution in [3.8, 4) is 0 Å². The van der Waals surface area contributed by atoms with Crippen LogP contribution >= 0.6 is 0 Å². The van der Waals surface area contributed by atoms with Gasteiger partial charge in [0.15, 0.2) is 5.82 Å². The summed E-state index contributed by atoms with van der Waals surface area (Å²) in [5.74, 6) is 2.71. The molecule has 3 heterocycles. The Morgan fingerprint density at radius 1 is 1.32 bits per heavy atom. The van der Waals surface area contributed by atoms with E-state index in [9.17, 15) is 0 Å². The van der Waals surface area contributed by atoms with E-state index in [1.165, 1.54) is 31.4 Å². The van der Waals surface area contributed by atoms with Crippen LogP contribution in [0.15, 0.2) is 10.6 Å². The Labute approximate surface area is 130 Å². The van der Waals surface area contributed by atoms with Crippen LogP contribution in [0.1, 0.15) is 73.6 Å². The minimum Gasteiger partial charge on any atom is -0.338 e. The Morgan fingerprint density at radius 3 is 2.91 bits per heavy atom. The van der Waals surface area contributed by atoms with E-state index in [1.807, 2.05) is 0 Å². The van der Waals surface area contributed by atoms with Crippen molar-refractivity contribution in [2.24, 2.45) is 0 Å². The first-order chi connectivity index (χ1) is 10.7. The third-order valence-corrected chi connectivity index (χ3v) is 4.90. The molecule has 1 N–H and O–H groups in total. The van der Waals surface area contributed by atoms with E-state index in [1.54, 1.807) is 0 Å². The first-order valence-corrected chi connectivity index (χ1v) is 8.30. The van der Waals surface area contributed by atoms with Crippen LogP contribution in [0, 0.1) is 6.92 Å². The predicted molar refractivity (Wildman–Crippen MR) is 81.6 cm³/mol. The lowest BCUT2D eigenvalue weighted by atomic mass is 9.93. The Bertz CT molecular complexity index is 645. The number of aromatic amines is 1. The van der Waals surface area contributed by atoms with Crippen molar-refractivity contribution in [2.75, 3.05) is 13.1 Å². The van der Waals surface area contributed by atoms with Crippen molar-refractivity contribution < 1.29 is 4.52 Å².